The number of rotatable bonds is 2. The summed E-state index contributed by atoms with van der Waals surface area (Å²) in [5, 5.41) is 1.38. The first-order valence-electron chi connectivity index (χ1n) is 6.62. The predicted molar refractivity (Wildman–Crippen MR) is 87.6 cm³/mol. The molecule has 0 nitrogen and oxygen atoms in total. The summed E-state index contributed by atoms with van der Waals surface area (Å²) in [7, 11) is 3.58. The van der Waals surface area contributed by atoms with Gasteiger partial charge in [0.05, 0.1) is 10.2 Å². The van der Waals surface area contributed by atoms with Crippen molar-refractivity contribution in [2.24, 2.45) is 0 Å². The van der Waals surface area contributed by atoms with Crippen LogP contribution in [0.25, 0.3) is 22.3 Å². The van der Waals surface area contributed by atoms with Crippen LogP contribution in [0.4, 0.5) is 8.78 Å². The molecule has 0 aliphatic rings. The van der Waals surface area contributed by atoms with Crippen LogP contribution in [0.2, 0.25) is 5.02 Å². The topological polar surface area (TPSA) is 0 Å². The Balaban J connectivity index is 2.27. The van der Waals surface area contributed by atoms with Crippen LogP contribution in [-0.2, 0) is 0 Å². The highest BCUT2D eigenvalue weighted by Gasteiger charge is 2.14. The van der Waals surface area contributed by atoms with Crippen LogP contribution in [0.5, 0.6) is 0 Å². The molecule has 107 valence electrons. The van der Waals surface area contributed by atoms with Crippen LogP contribution in [0.15, 0.2) is 60.7 Å². The third-order valence-corrected chi connectivity index (χ3v) is 4.15. The molecule has 0 aliphatic carbocycles. The van der Waals surface area contributed by atoms with Gasteiger partial charge < -0.3 is 0 Å². The maximum atomic E-state index is 13.2. The standard InChI is InChI=1S/C18H10ClF2Si/c19-15-9-10-16(22)18(12-3-7-14(21)8-4-12)17(15)11-1-5-13(20)6-2-11/h1-10H. The summed E-state index contributed by atoms with van der Waals surface area (Å²) in [6.07, 6.45) is 0. The average Bonchev–Trinajstić information content (AvgIpc) is 2.51. The van der Waals surface area contributed by atoms with E-state index in [2.05, 4.69) is 10.2 Å². The zero-order valence-electron chi connectivity index (χ0n) is 11.4. The van der Waals surface area contributed by atoms with E-state index in [1.54, 1.807) is 30.3 Å². The Morgan fingerprint density at radius 2 is 1.09 bits per heavy atom. The van der Waals surface area contributed by atoms with Gasteiger partial charge in [-0.1, -0.05) is 47.1 Å². The highest BCUT2D eigenvalue weighted by molar-refractivity contribution is 6.40. The van der Waals surface area contributed by atoms with E-state index in [-0.39, 0.29) is 11.6 Å². The SMILES string of the molecule is Fc1ccc(-c2c([Si])ccc(Cl)c2-c2ccc(F)cc2)cc1. The Hall–Kier alpha value is -1.97. The minimum atomic E-state index is -0.308. The molecule has 0 spiro atoms. The van der Waals surface area contributed by atoms with Crippen molar-refractivity contribution in [3.8, 4) is 22.3 Å². The van der Waals surface area contributed by atoms with Crippen LogP contribution < -0.4 is 5.19 Å². The van der Waals surface area contributed by atoms with Gasteiger partial charge in [-0.05, 0) is 47.0 Å². The van der Waals surface area contributed by atoms with Gasteiger partial charge in [-0.3, -0.25) is 0 Å². The third-order valence-electron chi connectivity index (χ3n) is 3.42. The number of benzene rings is 3. The largest absolute Gasteiger partial charge is 0.207 e. The van der Waals surface area contributed by atoms with Crippen molar-refractivity contribution in [1.82, 2.24) is 0 Å². The van der Waals surface area contributed by atoms with Gasteiger partial charge in [-0.15, -0.1) is 0 Å². The average molecular weight is 328 g/mol. The molecule has 0 heterocycles. The van der Waals surface area contributed by atoms with Crippen LogP contribution in [-0.4, -0.2) is 10.2 Å². The van der Waals surface area contributed by atoms with Crippen LogP contribution in [0, 0.1) is 11.6 Å². The Morgan fingerprint density at radius 1 is 0.636 bits per heavy atom. The molecule has 0 unspecified atom stereocenters. The molecule has 0 aromatic heterocycles. The van der Waals surface area contributed by atoms with Crippen molar-refractivity contribution in [3.63, 3.8) is 0 Å². The predicted octanol–water partition coefficient (Wildman–Crippen LogP) is 4.75. The van der Waals surface area contributed by atoms with Crippen LogP contribution >= 0.6 is 11.6 Å². The minimum absolute atomic E-state index is 0.301. The van der Waals surface area contributed by atoms with Crippen LogP contribution in [0.1, 0.15) is 0 Å². The maximum Gasteiger partial charge on any atom is 0.123 e. The highest BCUT2D eigenvalue weighted by atomic mass is 35.5. The monoisotopic (exact) mass is 327 g/mol. The summed E-state index contributed by atoms with van der Waals surface area (Å²) in [5.41, 5.74) is 3.25. The van der Waals surface area contributed by atoms with Gasteiger partial charge in [0.2, 0.25) is 0 Å². The summed E-state index contributed by atoms with van der Waals surface area (Å²) in [4.78, 5) is 0. The molecule has 0 N–H and O–H groups in total. The minimum Gasteiger partial charge on any atom is -0.207 e. The fourth-order valence-corrected chi connectivity index (χ4v) is 3.01. The molecule has 3 radical (unpaired) electrons. The van der Waals surface area contributed by atoms with Gasteiger partial charge in [0.25, 0.3) is 0 Å². The van der Waals surface area contributed by atoms with Crippen molar-refractivity contribution >= 4 is 27.0 Å². The van der Waals surface area contributed by atoms with Gasteiger partial charge in [0, 0.05) is 10.6 Å². The lowest BCUT2D eigenvalue weighted by Crippen LogP contribution is -2.08. The lowest BCUT2D eigenvalue weighted by Gasteiger charge is -2.15. The lowest BCUT2D eigenvalue weighted by molar-refractivity contribution is 0.627. The van der Waals surface area contributed by atoms with Crippen LogP contribution in [0.3, 0.4) is 0 Å². The van der Waals surface area contributed by atoms with Gasteiger partial charge in [0.1, 0.15) is 11.6 Å². The second-order valence-corrected chi connectivity index (χ2v) is 5.80. The molecule has 3 rings (SSSR count). The summed E-state index contributed by atoms with van der Waals surface area (Å²) in [6.45, 7) is 0. The summed E-state index contributed by atoms with van der Waals surface area (Å²) >= 11 is 6.37. The Labute approximate surface area is 135 Å². The summed E-state index contributed by atoms with van der Waals surface area (Å²) in [6, 6.07) is 15.9. The van der Waals surface area contributed by atoms with Crippen molar-refractivity contribution in [3.05, 3.63) is 77.3 Å². The summed E-state index contributed by atoms with van der Waals surface area (Å²) < 4.78 is 26.3. The van der Waals surface area contributed by atoms with E-state index in [1.807, 2.05) is 6.07 Å². The first kappa shape index (κ1) is 14.9. The van der Waals surface area contributed by atoms with Gasteiger partial charge >= 0.3 is 0 Å². The molecule has 4 heteroatoms. The van der Waals surface area contributed by atoms with E-state index in [4.69, 9.17) is 11.6 Å². The van der Waals surface area contributed by atoms with Crippen molar-refractivity contribution in [2.75, 3.05) is 0 Å². The summed E-state index contributed by atoms with van der Waals surface area (Å²) in [5.74, 6) is -0.609. The van der Waals surface area contributed by atoms with E-state index in [9.17, 15) is 8.78 Å². The molecule has 0 aliphatic heterocycles. The maximum absolute atomic E-state index is 13.2. The van der Waals surface area contributed by atoms with E-state index in [1.165, 1.54) is 24.3 Å². The lowest BCUT2D eigenvalue weighted by atomic mass is 9.94. The third kappa shape index (κ3) is 2.82. The molecule has 0 amide bonds. The molecule has 0 atom stereocenters. The quantitative estimate of drug-likeness (QED) is 0.596. The fraction of sp³-hybridized carbons (Fsp3) is 0. The Morgan fingerprint density at radius 3 is 1.59 bits per heavy atom. The molecule has 0 saturated heterocycles. The first-order valence-corrected chi connectivity index (χ1v) is 7.50. The van der Waals surface area contributed by atoms with Crippen molar-refractivity contribution < 1.29 is 8.78 Å². The van der Waals surface area contributed by atoms with Gasteiger partial charge in [0.15, 0.2) is 0 Å². The second-order valence-electron chi connectivity index (χ2n) is 4.86. The fourth-order valence-electron chi connectivity index (χ4n) is 2.39. The smallest absolute Gasteiger partial charge is 0.123 e. The number of halogens is 3. The number of hydrogen-bond acceptors (Lipinski definition) is 0. The highest BCUT2D eigenvalue weighted by Crippen LogP contribution is 2.36. The number of hydrogen-bond donors (Lipinski definition) is 0. The first-order chi connectivity index (χ1) is 10.6. The zero-order chi connectivity index (χ0) is 15.7. The van der Waals surface area contributed by atoms with E-state index in [0.29, 0.717) is 5.02 Å². The van der Waals surface area contributed by atoms with E-state index >= 15 is 0 Å². The van der Waals surface area contributed by atoms with Gasteiger partial charge in [-0.25, -0.2) is 8.78 Å². The molecule has 0 bridgehead atoms. The zero-order valence-corrected chi connectivity index (χ0v) is 13.2. The molecule has 3 aromatic carbocycles. The normalized spacial score (nSPS) is 10.7. The van der Waals surface area contributed by atoms with Crippen molar-refractivity contribution in [2.45, 2.75) is 0 Å². The van der Waals surface area contributed by atoms with E-state index in [0.717, 1.165) is 27.4 Å². The Kier molecular flexibility index (Phi) is 4.09. The second kappa shape index (κ2) is 6.03. The molecule has 22 heavy (non-hydrogen) atoms. The molecular weight excluding hydrogens is 318 g/mol. The molecule has 3 aromatic rings. The molecule has 0 fully saturated rings. The molecule has 0 saturated carbocycles. The molecular formula is C18H10ClF2Si. The van der Waals surface area contributed by atoms with Crippen molar-refractivity contribution in [1.29, 1.82) is 0 Å². The van der Waals surface area contributed by atoms with Gasteiger partial charge in [-0.2, -0.15) is 0 Å². The Bertz CT molecular complexity index is 741. The van der Waals surface area contributed by atoms with E-state index < -0.39 is 0 Å².